The van der Waals surface area contributed by atoms with Gasteiger partial charge < -0.3 is 20.8 Å². The van der Waals surface area contributed by atoms with Gasteiger partial charge >= 0.3 is 5.97 Å². The molecule has 0 bridgehead atoms. The van der Waals surface area contributed by atoms with Crippen molar-refractivity contribution in [2.45, 2.75) is 25.3 Å². The van der Waals surface area contributed by atoms with Gasteiger partial charge in [0.25, 0.3) is 0 Å². The van der Waals surface area contributed by atoms with E-state index in [9.17, 15) is 19.8 Å². The average Bonchev–Trinajstić information content (AvgIpc) is 2.49. The lowest BCUT2D eigenvalue weighted by atomic mass is 9.97. The van der Waals surface area contributed by atoms with Gasteiger partial charge in [0, 0.05) is 13.0 Å². The maximum atomic E-state index is 12.1. The first kappa shape index (κ1) is 15.3. The number of carboxylic acids is 1. The molecule has 1 heterocycles. The number of rotatable bonds is 5. The fourth-order valence-electron chi connectivity index (χ4n) is 2.43. The topological polar surface area (TPSA) is 98.7 Å². The van der Waals surface area contributed by atoms with Gasteiger partial charge in [-0.05, 0) is 37.1 Å². The Morgan fingerprint density at radius 2 is 2.05 bits per heavy atom. The van der Waals surface area contributed by atoms with Crippen LogP contribution in [0, 0.1) is 5.92 Å². The zero-order chi connectivity index (χ0) is 15.2. The van der Waals surface area contributed by atoms with Crippen molar-refractivity contribution in [3.8, 4) is 5.75 Å². The average molecular weight is 292 g/mol. The van der Waals surface area contributed by atoms with Crippen molar-refractivity contribution in [3.63, 3.8) is 0 Å². The summed E-state index contributed by atoms with van der Waals surface area (Å²) in [4.78, 5) is 23.4. The Balaban J connectivity index is 1.96. The minimum absolute atomic E-state index is 0.128. The summed E-state index contributed by atoms with van der Waals surface area (Å²) in [7, 11) is 0. The van der Waals surface area contributed by atoms with Gasteiger partial charge in [-0.1, -0.05) is 12.1 Å². The standard InChI is InChI=1S/C15H20N2O4/c18-12-5-3-10(4-6-12)8-13(15(20)21)17-14(19)11-2-1-7-16-9-11/h3-6,11,13,16,18H,1-2,7-9H2,(H,17,19)(H,20,21)/t11-,13+/m0/s1. The molecule has 0 radical (unpaired) electrons. The number of hydrogen-bond donors (Lipinski definition) is 4. The van der Waals surface area contributed by atoms with Gasteiger partial charge in [-0.25, -0.2) is 4.79 Å². The van der Waals surface area contributed by atoms with E-state index in [4.69, 9.17) is 0 Å². The number of hydrogen-bond acceptors (Lipinski definition) is 4. The van der Waals surface area contributed by atoms with Crippen molar-refractivity contribution in [1.82, 2.24) is 10.6 Å². The van der Waals surface area contributed by atoms with Crippen LogP contribution in [0.25, 0.3) is 0 Å². The number of phenols is 1. The number of aliphatic carboxylic acids is 1. The van der Waals surface area contributed by atoms with Crippen LogP contribution in [-0.4, -0.2) is 41.2 Å². The van der Waals surface area contributed by atoms with Crippen molar-refractivity contribution < 1.29 is 19.8 Å². The Kier molecular flexibility index (Phi) is 5.16. The summed E-state index contributed by atoms with van der Waals surface area (Å²) in [5.41, 5.74) is 0.752. The van der Waals surface area contributed by atoms with Crippen LogP contribution in [0.4, 0.5) is 0 Å². The van der Waals surface area contributed by atoms with Crippen LogP contribution in [0.5, 0.6) is 5.75 Å². The molecule has 0 unspecified atom stereocenters. The van der Waals surface area contributed by atoms with Crippen LogP contribution in [-0.2, 0) is 16.0 Å². The minimum Gasteiger partial charge on any atom is -0.508 e. The van der Waals surface area contributed by atoms with Crippen LogP contribution >= 0.6 is 0 Å². The molecule has 0 spiro atoms. The fraction of sp³-hybridized carbons (Fsp3) is 0.467. The third-order valence-electron chi connectivity index (χ3n) is 3.66. The summed E-state index contributed by atoms with van der Waals surface area (Å²) >= 11 is 0. The van der Waals surface area contributed by atoms with E-state index in [1.54, 1.807) is 12.1 Å². The zero-order valence-electron chi connectivity index (χ0n) is 11.7. The molecule has 1 aliphatic rings. The number of phenolic OH excluding ortho intramolecular Hbond substituents is 1. The van der Waals surface area contributed by atoms with Gasteiger partial charge in [0.1, 0.15) is 11.8 Å². The van der Waals surface area contributed by atoms with Crippen LogP contribution in [0.2, 0.25) is 0 Å². The number of nitrogens with one attached hydrogen (secondary N) is 2. The largest absolute Gasteiger partial charge is 0.508 e. The smallest absolute Gasteiger partial charge is 0.326 e. The molecule has 1 aromatic carbocycles. The molecule has 0 aromatic heterocycles. The number of benzene rings is 1. The number of aromatic hydroxyl groups is 1. The predicted octanol–water partition coefficient (Wildman–Crippen LogP) is 0.504. The normalized spacial score (nSPS) is 19.7. The van der Waals surface area contributed by atoms with Gasteiger partial charge in [-0.3, -0.25) is 4.79 Å². The molecule has 4 N–H and O–H groups in total. The maximum absolute atomic E-state index is 12.1. The molecular weight excluding hydrogens is 272 g/mol. The SMILES string of the molecule is O=C(N[C@H](Cc1ccc(O)cc1)C(=O)O)[C@H]1CCCNC1. The molecule has 2 rings (SSSR count). The lowest BCUT2D eigenvalue weighted by molar-refractivity contribution is -0.142. The first-order valence-electron chi connectivity index (χ1n) is 7.08. The molecule has 114 valence electrons. The van der Waals surface area contributed by atoms with Crippen LogP contribution in [0.15, 0.2) is 24.3 Å². The van der Waals surface area contributed by atoms with E-state index in [2.05, 4.69) is 10.6 Å². The van der Waals surface area contributed by atoms with Crippen LogP contribution < -0.4 is 10.6 Å². The highest BCUT2D eigenvalue weighted by Gasteiger charge is 2.26. The third kappa shape index (κ3) is 4.46. The zero-order valence-corrected chi connectivity index (χ0v) is 11.7. The first-order chi connectivity index (χ1) is 10.1. The van der Waals surface area contributed by atoms with Crippen LogP contribution in [0.1, 0.15) is 18.4 Å². The van der Waals surface area contributed by atoms with Crippen molar-refractivity contribution in [1.29, 1.82) is 0 Å². The van der Waals surface area contributed by atoms with E-state index < -0.39 is 12.0 Å². The maximum Gasteiger partial charge on any atom is 0.326 e. The Morgan fingerprint density at radius 3 is 2.62 bits per heavy atom. The lowest BCUT2D eigenvalue weighted by Crippen LogP contribution is -2.48. The van der Waals surface area contributed by atoms with E-state index in [1.807, 2.05) is 0 Å². The highest BCUT2D eigenvalue weighted by Crippen LogP contribution is 2.13. The van der Waals surface area contributed by atoms with E-state index in [1.165, 1.54) is 12.1 Å². The van der Waals surface area contributed by atoms with Crippen molar-refractivity contribution in [2.24, 2.45) is 5.92 Å². The van der Waals surface area contributed by atoms with Gasteiger partial charge in [-0.2, -0.15) is 0 Å². The molecule has 1 fully saturated rings. The predicted molar refractivity (Wildman–Crippen MR) is 77.0 cm³/mol. The molecule has 1 aromatic rings. The summed E-state index contributed by atoms with van der Waals surface area (Å²) in [6, 6.07) is 5.35. The summed E-state index contributed by atoms with van der Waals surface area (Å²) < 4.78 is 0. The Labute approximate surface area is 123 Å². The molecule has 2 atom stereocenters. The lowest BCUT2D eigenvalue weighted by Gasteiger charge is -2.24. The first-order valence-corrected chi connectivity index (χ1v) is 7.08. The molecule has 0 saturated carbocycles. The summed E-state index contributed by atoms with van der Waals surface area (Å²) in [6.45, 7) is 1.50. The Morgan fingerprint density at radius 1 is 1.33 bits per heavy atom. The van der Waals surface area contributed by atoms with E-state index in [0.29, 0.717) is 6.54 Å². The molecule has 6 heteroatoms. The van der Waals surface area contributed by atoms with Crippen molar-refractivity contribution in [3.05, 3.63) is 29.8 Å². The fourth-order valence-corrected chi connectivity index (χ4v) is 2.43. The number of carboxylic acid groups (broad SMARTS) is 1. The highest BCUT2D eigenvalue weighted by molar-refractivity contribution is 5.85. The second kappa shape index (κ2) is 7.08. The van der Waals surface area contributed by atoms with Crippen molar-refractivity contribution in [2.75, 3.05) is 13.1 Å². The second-order valence-corrected chi connectivity index (χ2v) is 5.31. The molecule has 0 aliphatic carbocycles. The minimum atomic E-state index is -1.06. The summed E-state index contributed by atoms with van der Waals surface area (Å²) in [5.74, 6) is -1.31. The Bertz CT molecular complexity index is 495. The number of carbonyl (C=O) groups is 2. The molecule has 1 saturated heterocycles. The Hall–Kier alpha value is -2.08. The van der Waals surface area contributed by atoms with Crippen molar-refractivity contribution >= 4 is 11.9 Å². The van der Waals surface area contributed by atoms with Gasteiger partial charge in [0.05, 0.1) is 5.92 Å². The number of piperidine rings is 1. The van der Waals surface area contributed by atoms with Crippen LogP contribution in [0.3, 0.4) is 0 Å². The molecule has 6 nitrogen and oxygen atoms in total. The number of amides is 1. The van der Waals surface area contributed by atoms with E-state index in [-0.39, 0.29) is 24.0 Å². The monoisotopic (exact) mass is 292 g/mol. The van der Waals surface area contributed by atoms with Gasteiger partial charge in [0.15, 0.2) is 0 Å². The number of carbonyl (C=O) groups excluding carboxylic acids is 1. The quantitative estimate of drug-likeness (QED) is 0.633. The third-order valence-corrected chi connectivity index (χ3v) is 3.66. The summed E-state index contributed by atoms with van der Waals surface area (Å²) in [6.07, 6.45) is 1.90. The van der Waals surface area contributed by atoms with E-state index >= 15 is 0 Å². The molecule has 1 aliphatic heterocycles. The highest BCUT2D eigenvalue weighted by atomic mass is 16.4. The molecular formula is C15H20N2O4. The molecule has 21 heavy (non-hydrogen) atoms. The van der Waals surface area contributed by atoms with E-state index in [0.717, 1.165) is 24.9 Å². The van der Waals surface area contributed by atoms with Gasteiger partial charge in [0.2, 0.25) is 5.91 Å². The summed E-state index contributed by atoms with van der Waals surface area (Å²) in [5, 5.41) is 24.2. The van der Waals surface area contributed by atoms with Gasteiger partial charge in [-0.15, -0.1) is 0 Å². The molecule has 1 amide bonds. The second-order valence-electron chi connectivity index (χ2n) is 5.31.